The maximum Gasteiger partial charge on any atom is 0.263 e. The van der Waals surface area contributed by atoms with Crippen LogP contribution in [0.3, 0.4) is 0 Å². The standard InChI is InChI=1S/C15H28N2O2/c1-2-14(19-13-9-5-3-6-10-13)15(18)16-17-11-7-4-8-12-17/h13-14H,2-12H2,1H3,(H,16,18)/t14-/m0/s1. The van der Waals surface area contributed by atoms with Crippen molar-refractivity contribution in [3.8, 4) is 0 Å². The molecule has 1 atom stereocenters. The number of hydrazine groups is 1. The van der Waals surface area contributed by atoms with E-state index in [1.165, 1.54) is 38.5 Å². The first-order valence-corrected chi connectivity index (χ1v) is 8.00. The zero-order valence-electron chi connectivity index (χ0n) is 12.2. The highest BCUT2D eigenvalue weighted by Gasteiger charge is 2.25. The summed E-state index contributed by atoms with van der Waals surface area (Å²) in [7, 11) is 0. The molecule has 0 radical (unpaired) electrons. The van der Waals surface area contributed by atoms with E-state index in [1.54, 1.807) is 0 Å². The SMILES string of the molecule is CC[C@H](OC1CCCCC1)C(=O)NN1CCCCC1. The van der Waals surface area contributed by atoms with Gasteiger partial charge in [0.25, 0.3) is 5.91 Å². The Hall–Kier alpha value is -0.610. The number of carbonyl (C=O) groups excluding carboxylic acids is 1. The molecular weight excluding hydrogens is 240 g/mol. The van der Waals surface area contributed by atoms with Gasteiger partial charge in [0.15, 0.2) is 0 Å². The second-order valence-electron chi connectivity index (χ2n) is 5.82. The summed E-state index contributed by atoms with van der Waals surface area (Å²) in [5.41, 5.74) is 3.03. The van der Waals surface area contributed by atoms with Gasteiger partial charge in [-0.25, -0.2) is 5.01 Å². The normalized spacial score (nSPS) is 24.1. The molecule has 2 aliphatic rings. The van der Waals surface area contributed by atoms with Crippen molar-refractivity contribution in [1.82, 2.24) is 10.4 Å². The van der Waals surface area contributed by atoms with Gasteiger partial charge in [-0.2, -0.15) is 0 Å². The molecule has 2 rings (SSSR count). The summed E-state index contributed by atoms with van der Waals surface area (Å²) in [6, 6.07) is 0. The molecular formula is C15H28N2O2. The molecule has 0 aromatic carbocycles. The van der Waals surface area contributed by atoms with Crippen LogP contribution in [0.2, 0.25) is 0 Å². The summed E-state index contributed by atoms with van der Waals surface area (Å²) in [6.07, 6.45) is 10.5. The topological polar surface area (TPSA) is 41.6 Å². The molecule has 0 aromatic rings. The average molecular weight is 268 g/mol. The third-order valence-electron chi connectivity index (χ3n) is 4.20. The second kappa shape index (κ2) is 7.85. The summed E-state index contributed by atoms with van der Waals surface area (Å²) >= 11 is 0. The molecule has 19 heavy (non-hydrogen) atoms. The molecule has 1 saturated heterocycles. The quantitative estimate of drug-likeness (QED) is 0.833. The molecule has 1 N–H and O–H groups in total. The largest absolute Gasteiger partial charge is 0.365 e. The third-order valence-corrected chi connectivity index (χ3v) is 4.20. The fourth-order valence-electron chi connectivity index (χ4n) is 3.01. The Morgan fingerprint density at radius 3 is 2.42 bits per heavy atom. The van der Waals surface area contributed by atoms with Gasteiger partial charge >= 0.3 is 0 Å². The van der Waals surface area contributed by atoms with Gasteiger partial charge in [0.1, 0.15) is 6.10 Å². The molecule has 1 saturated carbocycles. The summed E-state index contributed by atoms with van der Waals surface area (Å²) < 4.78 is 6.01. The van der Waals surface area contributed by atoms with E-state index in [0.29, 0.717) is 6.10 Å². The number of amides is 1. The lowest BCUT2D eigenvalue weighted by Crippen LogP contribution is -2.50. The molecule has 0 unspecified atom stereocenters. The Bertz CT molecular complexity index is 271. The predicted octanol–water partition coefficient (Wildman–Crippen LogP) is 2.63. The Kier molecular flexibility index (Phi) is 6.11. The minimum atomic E-state index is -0.273. The number of piperidine rings is 1. The van der Waals surface area contributed by atoms with E-state index in [-0.39, 0.29) is 12.0 Å². The second-order valence-corrected chi connectivity index (χ2v) is 5.82. The van der Waals surface area contributed by atoms with Crippen LogP contribution >= 0.6 is 0 Å². The highest BCUT2D eigenvalue weighted by atomic mass is 16.5. The van der Waals surface area contributed by atoms with Crippen LogP contribution < -0.4 is 5.43 Å². The number of rotatable bonds is 5. The molecule has 110 valence electrons. The van der Waals surface area contributed by atoms with Crippen LogP contribution in [0, 0.1) is 0 Å². The molecule has 4 heteroatoms. The van der Waals surface area contributed by atoms with Gasteiger partial charge in [0.2, 0.25) is 0 Å². The molecule has 0 spiro atoms. The van der Waals surface area contributed by atoms with Gasteiger partial charge in [0.05, 0.1) is 6.10 Å². The minimum absolute atomic E-state index is 0.0509. The molecule has 2 fully saturated rings. The number of nitrogens with zero attached hydrogens (tertiary/aromatic N) is 1. The number of hydrogen-bond donors (Lipinski definition) is 1. The molecule has 0 bridgehead atoms. The maximum atomic E-state index is 12.2. The highest BCUT2D eigenvalue weighted by Crippen LogP contribution is 2.22. The lowest BCUT2D eigenvalue weighted by Gasteiger charge is -2.30. The van der Waals surface area contributed by atoms with Crippen LogP contribution in [0.4, 0.5) is 0 Å². The van der Waals surface area contributed by atoms with Crippen LogP contribution in [0.5, 0.6) is 0 Å². The zero-order chi connectivity index (χ0) is 13.5. The minimum Gasteiger partial charge on any atom is -0.365 e. The average Bonchev–Trinajstić information content (AvgIpc) is 2.47. The Morgan fingerprint density at radius 2 is 1.79 bits per heavy atom. The molecule has 1 aliphatic carbocycles. The van der Waals surface area contributed by atoms with Gasteiger partial charge < -0.3 is 4.74 Å². The first-order chi connectivity index (χ1) is 9.29. The van der Waals surface area contributed by atoms with Crippen molar-refractivity contribution in [1.29, 1.82) is 0 Å². The molecule has 0 aromatic heterocycles. The monoisotopic (exact) mass is 268 g/mol. The van der Waals surface area contributed by atoms with E-state index in [9.17, 15) is 4.79 Å². The first-order valence-electron chi connectivity index (χ1n) is 8.00. The number of nitrogens with one attached hydrogen (secondary N) is 1. The molecule has 1 heterocycles. The molecule has 1 aliphatic heterocycles. The van der Waals surface area contributed by atoms with Crippen molar-refractivity contribution in [2.45, 2.75) is 76.9 Å². The molecule has 1 amide bonds. The van der Waals surface area contributed by atoms with Crippen molar-refractivity contribution in [3.05, 3.63) is 0 Å². The van der Waals surface area contributed by atoms with Crippen molar-refractivity contribution >= 4 is 5.91 Å². The predicted molar refractivity (Wildman–Crippen MR) is 75.6 cm³/mol. The molecule has 4 nitrogen and oxygen atoms in total. The highest BCUT2D eigenvalue weighted by molar-refractivity contribution is 5.80. The summed E-state index contributed by atoms with van der Waals surface area (Å²) in [5, 5.41) is 2.05. The Balaban J connectivity index is 1.76. The zero-order valence-corrected chi connectivity index (χ0v) is 12.2. The van der Waals surface area contributed by atoms with Gasteiger partial charge in [-0.3, -0.25) is 10.2 Å². The van der Waals surface area contributed by atoms with Crippen LogP contribution in [-0.4, -0.2) is 36.2 Å². The number of hydrogen-bond acceptors (Lipinski definition) is 3. The Morgan fingerprint density at radius 1 is 1.16 bits per heavy atom. The van der Waals surface area contributed by atoms with Crippen LogP contribution in [-0.2, 0) is 9.53 Å². The first kappa shape index (κ1) is 14.8. The van der Waals surface area contributed by atoms with E-state index >= 15 is 0 Å². The van der Waals surface area contributed by atoms with E-state index in [0.717, 1.165) is 32.4 Å². The fourth-order valence-corrected chi connectivity index (χ4v) is 3.01. The van der Waals surface area contributed by atoms with Crippen molar-refractivity contribution in [3.63, 3.8) is 0 Å². The Labute approximate surface area is 116 Å². The van der Waals surface area contributed by atoms with Crippen molar-refractivity contribution in [2.75, 3.05) is 13.1 Å². The smallest absolute Gasteiger partial charge is 0.263 e. The summed E-state index contributed by atoms with van der Waals surface area (Å²) in [5.74, 6) is 0.0509. The van der Waals surface area contributed by atoms with Crippen LogP contribution in [0.15, 0.2) is 0 Å². The third kappa shape index (κ3) is 4.77. The van der Waals surface area contributed by atoms with E-state index in [4.69, 9.17) is 4.74 Å². The van der Waals surface area contributed by atoms with E-state index in [1.807, 2.05) is 6.92 Å². The van der Waals surface area contributed by atoms with Gasteiger partial charge in [-0.1, -0.05) is 32.6 Å². The van der Waals surface area contributed by atoms with Gasteiger partial charge in [-0.15, -0.1) is 0 Å². The van der Waals surface area contributed by atoms with E-state index in [2.05, 4.69) is 10.4 Å². The van der Waals surface area contributed by atoms with E-state index < -0.39 is 0 Å². The lowest BCUT2D eigenvalue weighted by atomic mass is 9.97. The summed E-state index contributed by atoms with van der Waals surface area (Å²) in [4.78, 5) is 12.2. The van der Waals surface area contributed by atoms with Gasteiger partial charge in [-0.05, 0) is 32.1 Å². The van der Waals surface area contributed by atoms with Gasteiger partial charge in [0, 0.05) is 13.1 Å². The van der Waals surface area contributed by atoms with Crippen molar-refractivity contribution < 1.29 is 9.53 Å². The fraction of sp³-hybridized carbons (Fsp3) is 0.933. The van der Waals surface area contributed by atoms with Crippen molar-refractivity contribution in [2.24, 2.45) is 0 Å². The van der Waals surface area contributed by atoms with Crippen LogP contribution in [0.25, 0.3) is 0 Å². The number of carbonyl (C=O) groups is 1. The summed E-state index contributed by atoms with van der Waals surface area (Å²) in [6.45, 7) is 3.99. The maximum absolute atomic E-state index is 12.2. The lowest BCUT2D eigenvalue weighted by molar-refractivity contribution is -0.143. The number of ether oxygens (including phenoxy) is 1. The van der Waals surface area contributed by atoms with Crippen LogP contribution in [0.1, 0.15) is 64.7 Å².